The minimum Gasteiger partial charge on any atom is -0.394 e. The number of hydrogen-bond donors (Lipinski definition) is 4. The zero-order valence-corrected chi connectivity index (χ0v) is 13.4. The van der Waals surface area contributed by atoms with Gasteiger partial charge in [-0.1, -0.05) is 13.8 Å². The lowest BCUT2D eigenvalue weighted by molar-refractivity contribution is -0.123. The molecule has 132 valence electrons. The van der Waals surface area contributed by atoms with E-state index in [0.29, 0.717) is 0 Å². The number of aliphatic hydroxyl groups excluding tert-OH is 2. The number of guanidine groups is 1. The highest BCUT2D eigenvalue weighted by Crippen LogP contribution is 2.29. The molecule has 3 heterocycles. The number of fused-ring (bicyclic) bond motifs is 1. The van der Waals surface area contributed by atoms with Crippen molar-refractivity contribution in [3.63, 3.8) is 0 Å². The maximum atomic E-state index is 12.2. The molecular formula is C14H21N5O5. The van der Waals surface area contributed by atoms with Crippen molar-refractivity contribution in [2.24, 2.45) is 15.9 Å². The highest BCUT2D eigenvalue weighted by molar-refractivity contribution is 6.08. The molecule has 0 bridgehead atoms. The smallest absolute Gasteiger partial charge is 0.255 e. The topological polar surface area (TPSA) is 136 Å². The molecular weight excluding hydrogens is 318 g/mol. The second-order valence-corrected chi connectivity index (χ2v) is 6.30. The first-order chi connectivity index (χ1) is 11.4. The second-order valence-electron chi connectivity index (χ2n) is 6.30. The van der Waals surface area contributed by atoms with Crippen LogP contribution in [0.2, 0.25) is 0 Å². The molecule has 0 radical (unpaired) electrons. The van der Waals surface area contributed by atoms with E-state index in [1.165, 1.54) is 6.34 Å². The van der Waals surface area contributed by atoms with E-state index >= 15 is 0 Å². The molecule has 0 spiro atoms. The fraction of sp³-hybridized carbons (Fsp3) is 0.714. The number of nitrogens with one attached hydrogen (secondary N) is 2. The average molecular weight is 339 g/mol. The van der Waals surface area contributed by atoms with Gasteiger partial charge in [0.2, 0.25) is 11.9 Å². The van der Waals surface area contributed by atoms with Gasteiger partial charge in [0.25, 0.3) is 5.91 Å². The Morgan fingerprint density at radius 2 is 2.33 bits per heavy atom. The number of carbonyl (C=O) groups excluding carboxylic acids is 2. The molecule has 10 heteroatoms. The van der Waals surface area contributed by atoms with Gasteiger partial charge in [-0.05, 0) is 0 Å². The van der Waals surface area contributed by atoms with Crippen molar-refractivity contribution < 1.29 is 24.5 Å². The minimum atomic E-state index is -0.797. The third-order valence-electron chi connectivity index (χ3n) is 4.20. The molecule has 4 N–H and O–H groups in total. The number of aliphatic hydroxyl groups is 2. The molecule has 2 amide bonds. The molecule has 1 saturated heterocycles. The molecule has 10 nitrogen and oxygen atoms in total. The molecule has 0 aromatic carbocycles. The molecule has 0 aromatic heterocycles. The van der Waals surface area contributed by atoms with Crippen LogP contribution in [-0.4, -0.2) is 76.5 Å². The lowest BCUT2D eigenvalue weighted by Gasteiger charge is -2.32. The fourth-order valence-corrected chi connectivity index (χ4v) is 2.79. The summed E-state index contributed by atoms with van der Waals surface area (Å²) in [4.78, 5) is 34.1. The molecule has 0 aromatic rings. The molecule has 0 aliphatic carbocycles. The van der Waals surface area contributed by atoms with Crippen molar-refractivity contribution in [3.05, 3.63) is 0 Å². The van der Waals surface area contributed by atoms with Crippen LogP contribution < -0.4 is 10.6 Å². The largest absolute Gasteiger partial charge is 0.394 e. The number of aliphatic imine (C=N–C) groups is 2. The van der Waals surface area contributed by atoms with Crippen LogP contribution in [0.3, 0.4) is 0 Å². The molecule has 1 fully saturated rings. The van der Waals surface area contributed by atoms with Gasteiger partial charge in [0.05, 0.1) is 19.0 Å². The van der Waals surface area contributed by atoms with Gasteiger partial charge in [-0.15, -0.1) is 0 Å². The SMILES string of the molecule is CC(C)C(=O)NC1=N[C@@H]2[C@H](N=CN2[C@@H]2C[C@H](O)[C@H](CO)O2)C(=O)N1. The van der Waals surface area contributed by atoms with E-state index < -0.39 is 30.6 Å². The van der Waals surface area contributed by atoms with Crippen LogP contribution >= 0.6 is 0 Å². The number of amides is 2. The highest BCUT2D eigenvalue weighted by atomic mass is 16.5. The van der Waals surface area contributed by atoms with Gasteiger partial charge in [0.1, 0.15) is 12.3 Å². The van der Waals surface area contributed by atoms with E-state index in [4.69, 9.17) is 4.74 Å². The van der Waals surface area contributed by atoms with Crippen molar-refractivity contribution in [2.45, 2.75) is 50.9 Å². The minimum absolute atomic E-state index is 0.0766. The Morgan fingerprint density at radius 1 is 1.58 bits per heavy atom. The summed E-state index contributed by atoms with van der Waals surface area (Å²) >= 11 is 0. The zero-order chi connectivity index (χ0) is 17.4. The molecule has 3 aliphatic rings. The average Bonchev–Trinajstić information content (AvgIpc) is 3.10. The van der Waals surface area contributed by atoms with Gasteiger partial charge >= 0.3 is 0 Å². The summed E-state index contributed by atoms with van der Waals surface area (Å²) in [6.45, 7) is 3.17. The maximum Gasteiger partial charge on any atom is 0.255 e. The summed E-state index contributed by atoms with van der Waals surface area (Å²) in [7, 11) is 0. The van der Waals surface area contributed by atoms with E-state index in [2.05, 4.69) is 20.6 Å². The first-order valence-electron chi connectivity index (χ1n) is 7.85. The Morgan fingerprint density at radius 3 is 2.96 bits per heavy atom. The van der Waals surface area contributed by atoms with Gasteiger partial charge in [-0.3, -0.25) is 25.2 Å². The van der Waals surface area contributed by atoms with Crippen LogP contribution in [0, 0.1) is 5.92 Å². The predicted octanol–water partition coefficient (Wildman–Crippen LogP) is -2.25. The van der Waals surface area contributed by atoms with Crippen molar-refractivity contribution in [3.8, 4) is 0 Å². The van der Waals surface area contributed by atoms with Gasteiger partial charge in [-0.2, -0.15) is 0 Å². The Hall–Kier alpha value is -2.04. The third kappa shape index (κ3) is 2.99. The van der Waals surface area contributed by atoms with Crippen molar-refractivity contribution >= 4 is 24.1 Å². The monoisotopic (exact) mass is 339 g/mol. The van der Waals surface area contributed by atoms with Gasteiger partial charge < -0.3 is 19.8 Å². The molecule has 5 atom stereocenters. The standard InChI is InChI=1S/C14H21N5O5/c1-6(2)12(22)17-14-16-11-10(13(23)18-14)15-5-19(11)9-3-7(21)8(4-20)24-9/h5-11,20-21H,3-4H2,1-2H3,(H2,16,17,18,22,23)/t7-,8-,9-,10-,11-/m0/s1. The number of ether oxygens (including phenoxy) is 1. The van der Waals surface area contributed by atoms with E-state index in [1.54, 1.807) is 18.7 Å². The van der Waals surface area contributed by atoms with E-state index in [0.717, 1.165) is 0 Å². The molecule has 0 saturated carbocycles. The van der Waals surface area contributed by atoms with Crippen molar-refractivity contribution in [2.75, 3.05) is 6.61 Å². The summed E-state index contributed by atoms with van der Waals surface area (Å²) in [6, 6.07) is -0.737. The Bertz CT molecular complexity index is 592. The Labute approximate surface area is 138 Å². The van der Waals surface area contributed by atoms with Gasteiger partial charge in [0.15, 0.2) is 12.2 Å². The van der Waals surface area contributed by atoms with Crippen LogP contribution in [0.5, 0.6) is 0 Å². The summed E-state index contributed by atoms with van der Waals surface area (Å²) in [5.41, 5.74) is 0. The maximum absolute atomic E-state index is 12.2. The quantitative estimate of drug-likeness (QED) is 0.459. The van der Waals surface area contributed by atoms with E-state index in [-0.39, 0.29) is 36.7 Å². The molecule has 3 rings (SSSR count). The van der Waals surface area contributed by atoms with Crippen LogP contribution in [0.25, 0.3) is 0 Å². The van der Waals surface area contributed by atoms with Gasteiger partial charge in [-0.25, -0.2) is 4.99 Å². The van der Waals surface area contributed by atoms with Crippen molar-refractivity contribution in [1.29, 1.82) is 0 Å². The van der Waals surface area contributed by atoms with E-state index in [9.17, 15) is 19.8 Å². The predicted molar refractivity (Wildman–Crippen MR) is 82.8 cm³/mol. The Balaban J connectivity index is 1.76. The van der Waals surface area contributed by atoms with Gasteiger partial charge in [0, 0.05) is 12.3 Å². The number of rotatable bonds is 3. The molecule has 0 unspecified atom stereocenters. The lowest BCUT2D eigenvalue weighted by atomic mass is 10.1. The first kappa shape index (κ1) is 16.8. The lowest BCUT2D eigenvalue weighted by Crippen LogP contribution is -2.57. The summed E-state index contributed by atoms with van der Waals surface area (Å²) in [6.07, 6.45) is -0.949. The first-order valence-corrected chi connectivity index (χ1v) is 7.85. The zero-order valence-electron chi connectivity index (χ0n) is 13.4. The van der Waals surface area contributed by atoms with E-state index in [1.807, 2.05) is 0 Å². The summed E-state index contributed by atoms with van der Waals surface area (Å²) < 4.78 is 5.59. The normalized spacial score (nSPS) is 35.0. The Kier molecular flexibility index (Phi) is 4.52. The third-order valence-corrected chi connectivity index (χ3v) is 4.20. The highest BCUT2D eigenvalue weighted by Gasteiger charge is 2.46. The summed E-state index contributed by atoms with van der Waals surface area (Å²) in [5.74, 6) is -0.805. The molecule has 3 aliphatic heterocycles. The second kappa shape index (κ2) is 6.46. The van der Waals surface area contributed by atoms with Crippen LogP contribution in [0.15, 0.2) is 9.98 Å². The van der Waals surface area contributed by atoms with Crippen LogP contribution in [-0.2, 0) is 14.3 Å². The molecule has 24 heavy (non-hydrogen) atoms. The van der Waals surface area contributed by atoms with Crippen LogP contribution in [0.1, 0.15) is 20.3 Å². The fourth-order valence-electron chi connectivity index (χ4n) is 2.79. The van der Waals surface area contributed by atoms with Crippen molar-refractivity contribution in [1.82, 2.24) is 15.5 Å². The number of hydrogen-bond acceptors (Lipinski definition) is 8. The number of carbonyl (C=O) groups is 2. The number of nitrogens with zero attached hydrogens (tertiary/aromatic N) is 3. The van der Waals surface area contributed by atoms with Crippen LogP contribution in [0.4, 0.5) is 0 Å². The summed E-state index contributed by atoms with van der Waals surface area (Å²) in [5, 5.41) is 24.1.